The first-order chi connectivity index (χ1) is 16.6. The Kier molecular flexibility index (Phi) is 4.86. The molecule has 1 aliphatic heterocycles. The number of halogens is 1. The molecule has 0 unspecified atom stereocenters. The van der Waals surface area contributed by atoms with Gasteiger partial charge in [-0.15, -0.1) is 5.53 Å². The van der Waals surface area contributed by atoms with Crippen LogP contribution in [0.5, 0.6) is 0 Å². The predicted octanol–water partition coefficient (Wildman–Crippen LogP) is 2.37. The van der Waals surface area contributed by atoms with Crippen LogP contribution in [-0.4, -0.2) is 29.7 Å². The number of carbonyl (C=O) groups excluding carboxylic acids is 1. The Morgan fingerprint density at radius 1 is 1.29 bits per heavy atom. The lowest BCUT2D eigenvalue weighted by molar-refractivity contribution is -0.118. The minimum absolute atomic E-state index is 0.265. The molecule has 2 aliphatic rings. The molecule has 34 heavy (non-hydrogen) atoms. The van der Waals surface area contributed by atoms with E-state index in [1.54, 1.807) is 23.6 Å². The van der Waals surface area contributed by atoms with Gasteiger partial charge in [0.25, 0.3) is 5.91 Å². The number of amides is 1. The fourth-order valence-electron chi connectivity index (χ4n) is 4.11. The first-order valence-corrected chi connectivity index (χ1v) is 11.3. The zero-order valence-electron chi connectivity index (χ0n) is 18.0. The van der Waals surface area contributed by atoms with E-state index >= 15 is 0 Å². The molecular weight excluding hydrogens is 454 g/mol. The molecule has 6 rings (SSSR count). The number of nitrogens with zero attached hydrogens (tertiary/aromatic N) is 6. The van der Waals surface area contributed by atoms with Crippen molar-refractivity contribution in [3.8, 4) is 6.07 Å². The summed E-state index contributed by atoms with van der Waals surface area (Å²) in [7, 11) is 0. The Balaban J connectivity index is 1.13. The van der Waals surface area contributed by atoms with Crippen LogP contribution < -0.4 is 16.3 Å². The standard InChI is InChI=1S/C23H20ClN9O/c24-17-3-4-31-13-27-19(21(31)6-17)8-26-23(34)20-12-33(30-29-20)11-18-10-32-9-16(14-1-2-14)5-15(7-25)22(32)28-18/h3-6,9-10,12-14,29-30H,1-2,8,11H2,(H,26,34). The van der Waals surface area contributed by atoms with Gasteiger partial charge in [-0.2, -0.15) is 5.26 Å². The van der Waals surface area contributed by atoms with Crippen LogP contribution in [-0.2, 0) is 17.9 Å². The Morgan fingerprint density at radius 2 is 2.18 bits per heavy atom. The number of hydrogen-bond donors (Lipinski definition) is 3. The topological polar surface area (TPSA) is 115 Å². The second-order valence-corrected chi connectivity index (χ2v) is 8.89. The molecule has 4 aromatic rings. The molecule has 0 atom stereocenters. The van der Waals surface area contributed by atoms with Crippen LogP contribution in [0.15, 0.2) is 55.0 Å². The largest absolute Gasteiger partial charge is 0.345 e. The average molecular weight is 474 g/mol. The van der Waals surface area contributed by atoms with Gasteiger partial charge in [0, 0.05) is 29.8 Å². The zero-order chi connectivity index (χ0) is 23.2. The second kappa shape index (κ2) is 8.06. The highest BCUT2D eigenvalue weighted by atomic mass is 35.5. The molecule has 1 saturated carbocycles. The molecule has 1 fully saturated rings. The van der Waals surface area contributed by atoms with Gasteiger partial charge in [0.05, 0.1) is 41.9 Å². The van der Waals surface area contributed by atoms with Gasteiger partial charge in [-0.25, -0.2) is 9.97 Å². The summed E-state index contributed by atoms with van der Waals surface area (Å²) in [6.45, 7) is 0.681. The molecule has 0 saturated heterocycles. The first-order valence-electron chi connectivity index (χ1n) is 10.9. The maximum absolute atomic E-state index is 12.6. The summed E-state index contributed by atoms with van der Waals surface area (Å²) in [5, 5.41) is 14.8. The summed E-state index contributed by atoms with van der Waals surface area (Å²) in [5.74, 6) is 0.280. The number of nitrogens with one attached hydrogen (secondary N) is 3. The Bertz CT molecular complexity index is 1510. The van der Waals surface area contributed by atoms with E-state index in [0.29, 0.717) is 34.4 Å². The fraction of sp³-hybridized carbons (Fsp3) is 0.217. The van der Waals surface area contributed by atoms with E-state index in [2.05, 4.69) is 38.5 Å². The Morgan fingerprint density at radius 3 is 3.00 bits per heavy atom. The summed E-state index contributed by atoms with van der Waals surface area (Å²) in [6, 6.07) is 7.79. The molecular formula is C23H20ClN9O. The van der Waals surface area contributed by atoms with Gasteiger partial charge in [0.2, 0.25) is 0 Å². The van der Waals surface area contributed by atoms with E-state index in [4.69, 9.17) is 11.6 Å². The summed E-state index contributed by atoms with van der Waals surface area (Å²) >= 11 is 6.08. The van der Waals surface area contributed by atoms with Crippen molar-refractivity contribution in [2.45, 2.75) is 31.8 Å². The molecule has 1 amide bonds. The van der Waals surface area contributed by atoms with Crippen molar-refractivity contribution in [1.29, 1.82) is 5.26 Å². The molecule has 0 spiro atoms. The quantitative estimate of drug-likeness (QED) is 0.394. The van der Waals surface area contributed by atoms with Crippen LogP contribution in [0.2, 0.25) is 5.02 Å². The molecule has 10 nitrogen and oxygen atoms in total. The highest BCUT2D eigenvalue weighted by molar-refractivity contribution is 6.30. The SMILES string of the molecule is N#Cc1cc(C2CC2)cn2cc(CN3C=C(C(=O)NCc4ncn5ccc(Cl)cc45)NN3)nc12. The third-order valence-electron chi connectivity index (χ3n) is 5.98. The van der Waals surface area contributed by atoms with Crippen LogP contribution >= 0.6 is 11.6 Å². The summed E-state index contributed by atoms with van der Waals surface area (Å²) < 4.78 is 3.77. The third kappa shape index (κ3) is 3.81. The summed E-state index contributed by atoms with van der Waals surface area (Å²) in [5.41, 5.74) is 11.0. The molecule has 0 aromatic carbocycles. The lowest BCUT2D eigenvalue weighted by Gasteiger charge is -2.12. The van der Waals surface area contributed by atoms with Gasteiger partial charge in [0.1, 0.15) is 11.8 Å². The van der Waals surface area contributed by atoms with Gasteiger partial charge in [-0.3, -0.25) is 15.2 Å². The van der Waals surface area contributed by atoms with E-state index < -0.39 is 0 Å². The first kappa shape index (κ1) is 20.5. The predicted molar refractivity (Wildman–Crippen MR) is 124 cm³/mol. The molecule has 4 aromatic heterocycles. The van der Waals surface area contributed by atoms with Crippen LogP contribution in [0.3, 0.4) is 0 Å². The van der Waals surface area contributed by atoms with E-state index in [-0.39, 0.29) is 12.5 Å². The van der Waals surface area contributed by atoms with Crippen molar-refractivity contribution in [2.24, 2.45) is 0 Å². The highest BCUT2D eigenvalue weighted by Crippen LogP contribution is 2.40. The fourth-order valence-corrected chi connectivity index (χ4v) is 4.27. The van der Waals surface area contributed by atoms with Crippen LogP contribution in [0.1, 0.15) is 41.3 Å². The van der Waals surface area contributed by atoms with E-state index in [9.17, 15) is 10.1 Å². The van der Waals surface area contributed by atoms with E-state index in [1.165, 1.54) is 18.4 Å². The number of hydrazine groups is 2. The number of rotatable bonds is 6. The highest BCUT2D eigenvalue weighted by Gasteiger charge is 2.25. The monoisotopic (exact) mass is 473 g/mol. The minimum atomic E-state index is -0.269. The molecule has 0 radical (unpaired) electrons. The van der Waals surface area contributed by atoms with Crippen LogP contribution in [0.4, 0.5) is 0 Å². The average Bonchev–Trinajstić information content (AvgIpc) is 3.25. The molecule has 170 valence electrons. The number of hydrogen-bond acceptors (Lipinski definition) is 7. The zero-order valence-corrected chi connectivity index (χ0v) is 18.8. The molecule has 0 bridgehead atoms. The number of imidazole rings is 2. The Hall–Kier alpha value is -4.07. The van der Waals surface area contributed by atoms with Gasteiger partial charge >= 0.3 is 0 Å². The number of fused-ring (bicyclic) bond motifs is 2. The van der Waals surface area contributed by atoms with E-state index in [1.807, 2.05) is 33.3 Å². The van der Waals surface area contributed by atoms with Gasteiger partial charge in [-0.05, 0) is 42.5 Å². The van der Waals surface area contributed by atoms with Crippen LogP contribution in [0, 0.1) is 11.3 Å². The van der Waals surface area contributed by atoms with Crippen LogP contribution in [0.25, 0.3) is 11.2 Å². The lowest BCUT2D eigenvalue weighted by atomic mass is 10.1. The normalized spacial score (nSPS) is 15.4. The van der Waals surface area contributed by atoms with Gasteiger partial charge in [-0.1, -0.05) is 11.6 Å². The van der Waals surface area contributed by atoms with Crippen molar-refractivity contribution in [1.82, 2.24) is 40.1 Å². The number of nitriles is 1. The van der Waals surface area contributed by atoms with Crippen molar-refractivity contribution in [3.63, 3.8) is 0 Å². The third-order valence-corrected chi connectivity index (χ3v) is 6.22. The Labute approximate surface area is 199 Å². The second-order valence-electron chi connectivity index (χ2n) is 8.46. The number of aromatic nitrogens is 4. The van der Waals surface area contributed by atoms with Crippen molar-refractivity contribution in [2.75, 3.05) is 0 Å². The maximum Gasteiger partial charge on any atom is 0.270 e. The van der Waals surface area contributed by atoms with Gasteiger partial charge < -0.3 is 14.1 Å². The molecule has 11 heteroatoms. The van der Waals surface area contributed by atoms with Gasteiger partial charge in [0.15, 0.2) is 5.65 Å². The number of carbonyl (C=O) groups is 1. The smallest absolute Gasteiger partial charge is 0.270 e. The molecule has 5 heterocycles. The summed E-state index contributed by atoms with van der Waals surface area (Å²) in [4.78, 5) is 21.6. The molecule has 3 N–H and O–H groups in total. The minimum Gasteiger partial charge on any atom is -0.345 e. The van der Waals surface area contributed by atoms with Crippen molar-refractivity contribution < 1.29 is 4.79 Å². The van der Waals surface area contributed by atoms with E-state index in [0.717, 1.165) is 16.9 Å². The number of pyridine rings is 2. The maximum atomic E-state index is 12.6. The van der Waals surface area contributed by atoms with Crippen molar-refractivity contribution >= 4 is 28.7 Å². The molecule has 1 aliphatic carbocycles. The lowest BCUT2D eigenvalue weighted by Crippen LogP contribution is -2.38. The summed E-state index contributed by atoms with van der Waals surface area (Å²) in [6.07, 6.45) is 11.5. The van der Waals surface area contributed by atoms with Crippen molar-refractivity contribution in [3.05, 3.63) is 82.6 Å².